The van der Waals surface area contributed by atoms with E-state index in [0.717, 1.165) is 39.2 Å². The van der Waals surface area contributed by atoms with Gasteiger partial charge in [0.2, 0.25) is 0 Å². The summed E-state index contributed by atoms with van der Waals surface area (Å²) in [5, 5.41) is 0.588. The van der Waals surface area contributed by atoms with Gasteiger partial charge in [-0.15, -0.1) is 0 Å². The summed E-state index contributed by atoms with van der Waals surface area (Å²) in [5.41, 5.74) is 7.12. The summed E-state index contributed by atoms with van der Waals surface area (Å²) >= 11 is 6.47. The predicted octanol–water partition coefficient (Wildman–Crippen LogP) is 7.94. The Hall–Kier alpha value is -2.65. The van der Waals surface area contributed by atoms with E-state index in [9.17, 15) is 4.39 Å². The molecule has 0 saturated carbocycles. The van der Waals surface area contributed by atoms with Crippen molar-refractivity contribution in [2.75, 3.05) is 6.61 Å². The van der Waals surface area contributed by atoms with Gasteiger partial charge in [-0.1, -0.05) is 69.6 Å². The summed E-state index contributed by atoms with van der Waals surface area (Å²) in [4.78, 5) is 5.17. The van der Waals surface area contributed by atoms with E-state index in [1.807, 2.05) is 30.3 Å². The zero-order valence-electron chi connectivity index (χ0n) is 18.4. The fourth-order valence-corrected chi connectivity index (χ4v) is 4.29. The second kappa shape index (κ2) is 8.84. The van der Waals surface area contributed by atoms with Crippen molar-refractivity contribution in [1.82, 2.24) is 4.98 Å². The van der Waals surface area contributed by atoms with Gasteiger partial charge in [0, 0.05) is 17.5 Å². The van der Waals surface area contributed by atoms with Gasteiger partial charge in [-0.2, -0.15) is 0 Å². The van der Waals surface area contributed by atoms with E-state index in [-0.39, 0.29) is 11.7 Å². The van der Waals surface area contributed by atoms with E-state index in [1.165, 1.54) is 12.1 Å². The van der Waals surface area contributed by atoms with Crippen molar-refractivity contribution in [3.8, 4) is 28.1 Å². The van der Waals surface area contributed by atoms with Crippen LogP contribution in [0.4, 0.5) is 4.39 Å². The molecule has 2 nitrogen and oxygen atoms in total. The van der Waals surface area contributed by atoms with E-state index in [2.05, 4.69) is 39.8 Å². The average Bonchev–Trinajstić information content (AvgIpc) is 2.92. The van der Waals surface area contributed by atoms with Gasteiger partial charge in [0.15, 0.2) is 0 Å². The Balaban J connectivity index is 2.11. The first-order chi connectivity index (χ1) is 14.9. The Morgan fingerprint density at radius 2 is 1.81 bits per heavy atom. The second-order valence-electron chi connectivity index (χ2n) is 8.59. The average molecular weight is 436 g/mol. The van der Waals surface area contributed by atoms with E-state index in [1.54, 1.807) is 0 Å². The smallest absolute Gasteiger partial charge is 0.147 e. The topological polar surface area (TPSA) is 22.1 Å². The number of nitrogens with zero attached hydrogens (tertiary/aromatic N) is 1. The third-order valence-electron chi connectivity index (χ3n) is 5.51. The highest BCUT2D eigenvalue weighted by atomic mass is 35.5. The first-order valence-electron chi connectivity index (χ1n) is 10.8. The number of hydrogen-bond donors (Lipinski definition) is 0. The van der Waals surface area contributed by atoms with Crippen LogP contribution in [0, 0.1) is 11.7 Å². The number of allylic oxidation sites excluding steroid dienone is 1. The lowest BCUT2D eigenvalue weighted by Gasteiger charge is -2.21. The van der Waals surface area contributed by atoms with Crippen molar-refractivity contribution in [3.63, 3.8) is 0 Å². The summed E-state index contributed by atoms with van der Waals surface area (Å²) in [6.45, 7) is 9.13. The van der Waals surface area contributed by atoms with Crippen LogP contribution >= 0.6 is 11.6 Å². The Morgan fingerprint density at radius 1 is 1.06 bits per heavy atom. The van der Waals surface area contributed by atoms with Crippen LogP contribution < -0.4 is 4.74 Å². The monoisotopic (exact) mass is 435 g/mol. The van der Waals surface area contributed by atoms with Gasteiger partial charge >= 0.3 is 0 Å². The van der Waals surface area contributed by atoms with E-state index in [0.29, 0.717) is 29.7 Å². The van der Waals surface area contributed by atoms with Crippen LogP contribution in [0.15, 0.2) is 48.5 Å². The zero-order chi connectivity index (χ0) is 22.1. The first kappa shape index (κ1) is 21.6. The Morgan fingerprint density at radius 3 is 2.48 bits per heavy atom. The molecule has 31 heavy (non-hydrogen) atoms. The van der Waals surface area contributed by atoms with E-state index in [4.69, 9.17) is 21.3 Å². The van der Waals surface area contributed by atoms with Crippen molar-refractivity contribution >= 4 is 17.7 Å². The van der Waals surface area contributed by atoms with Gasteiger partial charge < -0.3 is 4.74 Å². The van der Waals surface area contributed by atoms with Gasteiger partial charge in [-0.3, -0.25) is 4.98 Å². The molecule has 1 aliphatic heterocycles. The fourth-order valence-electron chi connectivity index (χ4n) is 4.06. The molecule has 2 aromatic carbocycles. The summed E-state index contributed by atoms with van der Waals surface area (Å²) in [6.07, 6.45) is 5.07. The summed E-state index contributed by atoms with van der Waals surface area (Å²) in [7, 11) is 0. The fraction of sp³-hybridized carbons (Fsp3) is 0.296. The number of ether oxygens (including phenoxy) is 1. The molecule has 0 fully saturated rings. The molecule has 0 atom stereocenters. The molecule has 4 rings (SSSR count). The van der Waals surface area contributed by atoms with Crippen molar-refractivity contribution in [2.24, 2.45) is 5.92 Å². The number of benzene rings is 2. The van der Waals surface area contributed by atoms with Gasteiger partial charge in [-0.05, 0) is 52.8 Å². The molecule has 2 heterocycles. The minimum absolute atomic E-state index is 0.211. The number of pyridine rings is 1. The van der Waals surface area contributed by atoms with Crippen LogP contribution in [0.1, 0.15) is 50.4 Å². The molecule has 4 heteroatoms. The standard InChI is InChI=1S/C27H27ClFNO/c1-16(2)8-13-20-24(18-9-11-19(29)12-10-18)21-14-15-31-27-22(6-5-7-23(27)28)26(21)30-25(20)17(3)4/h5-13,16-17H,14-15H2,1-4H3/b13-8+. The van der Waals surface area contributed by atoms with Crippen LogP contribution in [0.5, 0.6) is 5.75 Å². The molecule has 0 bridgehead atoms. The maximum atomic E-state index is 13.7. The third-order valence-corrected chi connectivity index (χ3v) is 5.81. The summed E-state index contributed by atoms with van der Waals surface area (Å²) in [6, 6.07) is 12.5. The molecule has 0 amide bonds. The molecule has 0 spiro atoms. The lowest BCUT2D eigenvalue weighted by molar-refractivity contribution is 0.327. The van der Waals surface area contributed by atoms with E-state index < -0.39 is 0 Å². The number of para-hydroxylation sites is 1. The third kappa shape index (κ3) is 4.24. The molecule has 0 radical (unpaired) electrons. The molecule has 0 saturated heterocycles. The molecule has 3 aromatic rings. The maximum absolute atomic E-state index is 13.7. The maximum Gasteiger partial charge on any atom is 0.147 e. The quantitative estimate of drug-likeness (QED) is 0.415. The summed E-state index contributed by atoms with van der Waals surface area (Å²) < 4.78 is 19.8. The molecule has 1 aromatic heterocycles. The first-order valence-corrected chi connectivity index (χ1v) is 11.2. The van der Waals surface area contributed by atoms with Gasteiger partial charge in [0.25, 0.3) is 0 Å². The van der Waals surface area contributed by atoms with Crippen molar-refractivity contribution in [3.05, 3.63) is 76.2 Å². The highest BCUT2D eigenvalue weighted by Crippen LogP contribution is 2.44. The van der Waals surface area contributed by atoms with Crippen molar-refractivity contribution in [2.45, 2.75) is 40.0 Å². The Bertz CT molecular complexity index is 1130. The second-order valence-corrected chi connectivity index (χ2v) is 9.00. The molecule has 0 aliphatic carbocycles. The SMILES string of the molecule is CC(C)/C=C/c1c(C(C)C)nc2c(c1-c1ccc(F)cc1)CCOc1c(Cl)cccc1-2. The van der Waals surface area contributed by atoms with Gasteiger partial charge in [0.05, 0.1) is 23.0 Å². The van der Waals surface area contributed by atoms with Crippen LogP contribution in [-0.4, -0.2) is 11.6 Å². The lowest BCUT2D eigenvalue weighted by atomic mass is 9.86. The number of fused-ring (bicyclic) bond motifs is 3. The Labute approximate surface area is 188 Å². The van der Waals surface area contributed by atoms with Crippen LogP contribution in [0.2, 0.25) is 5.02 Å². The number of aromatic nitrogens is 1. The minimum Gasteiger partial charge on any atom is -0.491 e. The number of halogens is 2. The minimum atomic E-state index is -0.243. The Kier molecular flexibility index (Phi) is 6.15. The van der Waals surface area contributed by atoms with Crippen molar-refractivity contribution < 1.29 is 9.13 Å². The lowest BCUT2D eigenvalue weighted by Crippen LogP contribution is -2.08. The molecule has 0 N–H and O–H groups in total. The van der Waals surface area contributed by atoms with Gasteiger partial charge in [-0.25, -0.2) is 4.39 Å². The molecular formula is C27H27ClFNO. The van der Waals surface area contributed by atoms with E-state index >= 15 is 0 Å². The summed E-state index contributed by atoms with van der Waals surface area (Å²) in [5.74, 6) is 1.05. The molecule has 160 valence electrons. The van der Waals surface area contributed by atoms with Crippen LogP contribution in [0.25, 0.3) is 28.5 Å². The highest BCUT2D eigenvalue weighted by Gasteiger charge is 2.26. The molecule has 0 unspecified atom stereocenters. The van der Waals surface area contributed by atoms with Gasteiger partial charge in [0.1, 0.15) is 11.6 Å². The highest BCUT2D eigenvalue weighted by molar-refractivity contribution is 6.32. The molecular weight excluding hydrogens is 409 g/mol. The van der Waals surface area contributed by atoms with Crippen LogP contribution in [-0.2, 0) is 6.42 Å². The van der Waals surface area contributed by atoms with Crippen molar-refractivity contribution in [1.29, 1.82) is 0 Å². The molecule has 1 aliphatic rings. The predicted molar refractivity (Wildman–Crippen MR) is 127 cm³/mol. The normalized spacial score (nSPS) is 13.3. The largest absolute Gasteiger partial charge is 0.491 e. The number of rotatable bonds is 4. The zero-order valence-corrected chi connectivity index (χ0v) is 19.1. The number of hydrogen-bond acceptors (Lipinski definition) is 2. The van der Waals surface area contributed by atoms with Crippen LogP contribution in [0.3, 0.4) is 0 Å².